The summed E-state index contributed by atoms with van der Waals surface area (Å²) in [7, 11) is 0. The predicted octanol–water partition coefficient (Wildman–Crippen LogP) is 1.89. The van der Waals surface area contributed by atoms with Crippen LogP contribution in [0.3, 0.4) is 0 Å². The molecule has 0 aromatic heterocycles. The van der Waals surface area contributed by atoms with Crippen molar-refractivity contribution in [3.8, 4) is 0 Å². The second-order valence-electron chi connectivity index (χ2n) is 5.24. The first-order chi connectivity index (χ1) is 9.05. The van der Waals surface area contributed by atoms with E-state index in [1.807, 2.05) is 44.2 Å². The van der Waals surface area contributed by atoms with Gasteiger partial charge in [0.15, 0.2) is 5.79 Å². The van der Waals surface area contributed by atoms with Gasteiger partial charge in [0.1, 0.15) is 6.10 Å². The summed E-state index contributed by atoms with van der Waals surface area (Å²) in [6.45, 7) is 4.80. The van der Waals surface area contributed by atoms with Crippen molar-refractivity contribution in [3.63, 3.8) is 0 Å². The van der Waals surface area contributed by atoms with Crippen LogP contribution >= 0.6 is 0 Å². The van der Waals surface area contributed by atoms with Crippen molar-refractivity contribution in [1.29, 1.82) is 0 Å². The lowest BCUT2D eigenvalue weighted by atomic mass is 10.1. The summed E-state index contributed by atoms with van der Waals surface area (Å²) in [6, 6.07) is 10.0. The zero-order chi connectivity index (χ0) is 13.7. The van der Waals surface area contributed by atoms with E-state index in [4.69, 9.17) is 9.47 Å². The topological polar surface area (TPSA) is 47.6 Å². The van der Waals surface area contributed by atoms with E-state index in [9.17, 15) is 4.79 Å². The molecule has 1 saturated heterocycles. The Kier molecular flexibility index (Phi) is 4.56. The molecule has 1 unspecified atom stereocenters. The van der Waals surface area contributed by atoms with Crippen LogP contribution in [0.4, 0.5) is 0 Å². The number of nitrogens with one attached hydrogen (secondary N) is 1. The van der Waals surface area contributed by atoms with Crippen LogP contribution in [0.5, 0.6) is 0 Å². The first-order valence-electron chi connectivity index (χ1n) is 6.67. The Morgan fingerprint density at radius 2 is 2.11 bits per heavy atom. The van der Waals surface area contributed by atoms with Crippen molar-refractivity contribution >= 4 is 5.91 Å². The highest BCUT2D eigenvalue weighted by Crippen LogP contribution is 2.21. The third kappa shape index (κ3) is 4.65. The third-order valence-electron chi connectivity index (χ3n) is 3.08. The van der Waals surface area contributed by atoms with Crippen LogP contribution in [0.15, 0.2) is 30.3 Å². The minimum atomic E-state index is -0.528. The summed E-state index contributed by atoms with van der Waals surface area (Å²) in [5.74, 6) is -0.475. The normalized spacial score (nSPS) is 21.3. The maximum Gasteiger partial charge on any atom is 0.220 e. The molecule has 1 fully saturated rings. The molecule has 1 aromatic rings. The summed E-state index contributed by atoms with van der Waals surface area (Å²) < 4.78 is 11.1. The minimum Gasteiger partial charge on any atom is -0.353 e. The minimum absolute atomic E-state index is 0.0457. The van der Waals surface area contributed by atoms with E-state index in [-0.39, 0.29) is 12.0 Å². The van der Waals surface area contributed by atoms with Gasteiger partial charge >= 0.3 is 0 Å². The molecule has 1 aliphatic heterocycles. The van der Waals surface area contributed by atoms with E-state index in [0.29, 0.717) is 19.6 Å². The van der Waals surface area contributed by atoms with Gasteiger partial charge in [-0.25, -0.2) is 0 Å². The predicted molar refractivity (Wildman–Crippen MR) is 72.7 cm³/mol. The summed E-state index contributed by atoms with van der Waals surface area (Å²) >= 11 is 0. The molecule has 0 aliphatic carbocycles. The van der Waals surface area contributed by atoms with Crippen molar-refractivity contribution in [2.75, 3.05) is 13.2 Å². The second-order valence-corrected chi connectivity index (χ2v) is 5.24. The van der Waals surface area contributed by atoms with Gasteiger partial charge in [0.05, 0.1) is 6.61 Å². The van der Waals surface area contributed by atoms with E-state index in [0.717, 1.165) is 6.42 Å². The Hall–Kier alpha value is -1.39. The molecule has 104 valence electrons. The lowest BCUT2D eigenvalue weighted by Gasteiger charge is -2.17. The first-order valence-corrected chi connectivity index (χ1v) is 6.67. The number of carbonyl (C=O) groups is 1. The fourth-order valence-electron chi connectivity index (χ4n) is 2.08. The highest BCUT2D eigenvalue weighted by Gasteiger charge is 2.32. The number of hydrogen-bond acceptors (Lipinski definition) is 3. The van der Waals surface area contributed by atoms with Crippen LogP contribution in [0.25, 0.3) is 0 Å². The summed E-state index contributed by atoms with van der Waals surface area (Å²) in [4.78, 5) is 11.7. The Bertz CT molecular complexity index is 417. The SMILES string of the molecule is CC1(C)OCC(CNC(=O)CCc2ccccc2)O1. The van der Waals surface area contributed by atoms with Crippen molar-refractivity contribution < 1.29 is 14.3 Å². The fraction of sp³-hybridized carbons (Fsp3) is 0.533. The lowest BCUT2D eigenvalue weighted by molar-refractivity contribution is -0.139. The first kappa shape index (κ1) is 14.0. The number of benzene rings is 1. The Morgan fingerprint density at radius 3 is 2.74 bits per heavy atom. The van der Waals surface area contributed by atoms with Gasteiger partial charge in [-0.2, -0.15) is 0 Å². The van der Waals surface area contributed by atoms with Gasteiger partial charge in [0.2, 0.25) is 5.91 Å². The molecule has 1 aliphatic rings. The van der Waals surface area contributed by atoms with Crippen molar-refractivity contribution in [2.24, 2.45) is 0 Å². The molecular weight excluding hydrogens is 242 g/mol. The Labute approximate surface area is 114 Å². The molecule has 1 atom stereocenters. The second kappa shape index (κ2) is 6.17. The van der Waals surface area contributed by atoms with Crippen LogP contribution < -0.4 is 5.32 Å². The molecule has 2 rings (SSSR count). The fourth-order valence-corrected chi connectivity index (χ4v) is 2.08. The smallest absolute Gasteiger partial charge is 0.220 e. The van der Waals surface area contributed by atoms with Crippen molar-refractivity contribution in [3.05, 3.63) is 35.9 Å². The molecule has 19 heavy (non-hydrogen) atoms. The third-order valence-corrected chi connectivity index (χ3v) is 3.08. The van der Waals surface area contributed by atoms with Gasteiger partial charge in [0, 0.05) is 13.0 Å². The Morgan fingerprint density at radius 1 is 1.37 bits per heavy atom. The highest BCUT2D eigenvalue weighted by molar-refractivity contribution is 5.76. The van der Waals surface area contributed by atoms with Crippen LogP contribution in [-0.4, -0.2) is 30.9 Å². The number of ether oxygens (including phenoxy) is 2. The van der Waals surface area contributed by atoms with Gasteiger partial charge in [0.25, 0.3) is 0 Å². The molecule has 0 bridgehead atoms. The van der Waals surface area contributed by atoms with E-state index in [1.54, 1.807) is 0 Å². The average molecular weight is 263 g/mol. The van der Waals surface area contributed by atoms with Gasteiger partial charge in [-0.15, -0.1) is 0 Å². The van der Waals surface area contributed by atoms with E-state index >= 15 is 0 Å². The molecule has 1 aromatic carbocycles. The molecule has 0 saturated carbocycles. The number of amides is 1. The van der Waals surface area contributed by atoms with Gasteiger partial charge in [-0.3, -0.25) is 4.79 Å². The van der Waals surface area contributed by atoms with E-state index in [1.165, 1.54) is 5.56 Å². The highest BCUT2D eigenvalue weighted by atomic mass is 16.7. The summed E-state index contributed by atoms with van der Waals surface area (Å²) in [5, 5.41) is 2.89. The largest absolute Gasteiger partial charge is 0.353 e. The van der Waals surface area contributed by atoms with Crippen LogP contribution in [0, 0.1) is 0 Å². The summed E-state index contributed by atoms with van der Waals surface area (Å²) in [5.41, 5.74) is 1.18. The van der Waals surface area contributed by atoms with Gasteiger partial charge < -0.3 is 14.8 Å². The van der Waals surface area contributed by atoms with Crippen LogP contribution in [0.2, 0.25) is 0 Å². The molecule has 0 spiro atoms. The maximum atomic E-state index is 11.7. The van der Waals surface area contributed by atoms with E-state index in [2.05, 4.69) is 5.32 Å². The van der Waals surface area contributed by atoms with E-state index < -0.39 is 5.79 Å². The molecule has 1 heterocycles. The number of aryl methyl sites for hydroxylation is 1. The molecule has 4 nitrogen and oxygen atoms in total. The summed E-state index contributed by atoms with van der Waals surface area (Å²) in [6.07, 6.45) is 1.22. The van der Waals surface area contributed by atoms with Gasteiger partial charge in [-0.05, 0) is 25.8 Å². The number of rotatable bonds is 5. The quantitative estimate of drug-likeness (QED) is 0.882. The van der Waals surface area contributed by atoms with Crippen molar-refractivity contribution in [2.45, 2.75) is 38.6 Å². The molecular formula is C15H21NO3. The molecule has 0 radical (unpaired) electrons. The lowest BCUT2D eigenvalue weighted by Crippen LogP contribution is -2.34. The molecule has 1 amide bonds. The molecule has 1 N–H and O–H groups in total. The number of carbonyl (C=O) groups excluding carboxylic acids is 1. The Balaban J connectivity index is 1.65. The van der Waals surface area contributed by atoms with Crippen molar-refractivity contribution in [1.82, 2.24) is 5.32 Å². The van der Waals surface area contributed by atoms with Crippen LogP contribution in [-0.2, 0) is 20.7 Å². The van der Waals surface area contributed by atoms with Crippen LogP contribution in [0.1, 0.15) is 25.8 Å². The zero-order valence-corrected chi connectivity index (χ0v) is 11.5. The maximum absolute atomic E-state index is 11.7. The number of hydrogen-bond donors (Lipinski definition) is 1. The van der Waals surface area contributed by atoms with Gasteiger partial charge in [-0.1, -0.05) is 30.3 Å². The monoisotopic (exact) mass is 263 g/mol. The zero-order valence-electron chi connectivity index (χ0n) is 11.5. The molecule has 4 heteroatoms. The standard InChI is InChI=1S/C15H21NO3/c1-15(2)18-11-13(19-15)10-16-14(17)9-8-12-6-4-3-5-7-12/h3-7,13H,8-11H2,1-2H3,(H,16,17). The average Bonchev–Trinajstić information content (AvgIpc) is 2.75.